The Balaban J connectivity index is 1.36. The van der Waals surface area contributed by atoms with E-state index >= 15 is 0 Å². The van der Waals surface area contributed by atoms with Gasteiger partial charge in [-0.25, -0.2) is 4.98 Å². The molecule has 2 aromatic carbocycles. The van der Waals surface area contributed by atoms with Gasteiger partial charge in [-0.1, -0.05) is 23.2 Å². The van der Waals surface area contributed by atoms with Crippen molar-refractivity contribution in [3.05, 3.63) is 81.4 Å². The number of Topliss-reactive ketones (excluding diaryl/α,β-unsaturated/α-hetero) is 1. The van der Waals surface area contributed by atoms with Gasteiger partial charge in [-0.2, -0.15) is 0 Å². The monoisotopic (exact) mass is 466 g/mol. The molecule has 1 unspecified atom stereocenters. The number of rotatable bonds is 4. The summed E-state index contributed by atoms with van der Waals surface area (Å²) in [5.74, 6) is 0.551. The molecule has 0 saturated heterocycles. The molecule has 2 heterocycles. The Labute approximate surface area is 194 Å². The van der Waals surface area contributed by atoms with Crippen molar-refractivity contribution in [2.75, 3.05) is 0 Å². The van der Waals surface area contributed by atoms with Gasteiger partial charge in [0.2, 0.25) is 0 Å². The number of nitrogens with zero attached hydrogens (tertiary/aromatic N) is 2. The molecular weight excluding hydrogens is 447 g/mol. The van der Waals surface area contributed by atoms with Crippen molar-refractivity contribution in [3.8, 4) is 5.69 Å². The van der Waals surface area contributed by atoms with Crippen LogP contribution >= 0.6 is 23.2 Å². The lowest BCUT2D eigenvalue weighted by Gasteiger charge is -2.17. The number of hydrogen-bond donors (Lipinski definition) is 2. The van der Waals surface area contributed by atoms with E-state index in [1.165, 1.54) is 0 Å². The van der Waals surface area contributed by atoms with Crippen LogP contribution in [0.25, 0.3) is 16.7 Å². The molecule has 2 aromatic heterocycles. The first kappa shape index (κ1) is 20.8. The molecule has 0 radical (unpaired) electrons. The third-order valence-corrected chi connectivity index (χ3v) is 6.34. The van der Waals surface area contributed by atoms with Crippen LogP contribution < -0.4 is 5.32 Å². The number of nitrogens with one attached hydrogen (secondary N) is 2. The zero-order chi connectivity index (χ0) is 22.4. The number of carbonyl (C=O) groups is 2. The number of hydrogen-bond acceptors (Lipinski definition) is 3. The van der Waals surface area contributed by atoms with E-state index in [1.807, 2.05) is 35.9 Å². The fourth-order valence-electron chi connectivity index (χ4n) is 4.15. The van der Waals surface area contributed by atoms with Crippen LogP contribution in [0.3, 0.4) is 0 Å². The second kappa shape index (κ2) is 8.11. The Morgan fingerprint density at radius 1 is 1.16 bits per heavy atom. The number of carbonyl (C=O) groups excluding carboxylic acids is 2. The SMILES string of the molecule is CC(NC(=O)c1ccc(-n2ccc3c2CCCC3=O)c(Cl)c1)c1nc2ccc(Cl)cc2[nH]1. The van der Waals surface area contributed by atoms with Gasteiger partial charge in [0.15, 0.2) is 5.78 Å². The number of amides is 1. The van der Waals surface area contributed by atoms with Gasteiger partial charge in [-0.15, -0.1) is 0 Å². The largest absolute Gasteiger partial charge is 0.342 e. The molecule has 6 nitrogen and oxygen atoms in total. The summed E-state index contributed by atoms with van der Waals surface area (Å²) in [4.78, 5) is 32.7. The number of fused-ring (bicyclic) bond motifs is 2. The number of imidazole rings is 1. The molecule has 0 spiro atoms. The van der Waals surface area contributed by atoms with Gasteiger partial charge in [0.05, 0.1) is 27.8 Å². The fraction of sp³-hybridized carbons (Fsp3) is 0.208. The summed E-state index contributed by atoms with van der Waals surface area (Å²) in [7, 11) is 0. The molecule has 0 saturated carbocycles. The maximum absolute atomic E-state index is 12.8. The molecule has 1 aliphatic rings. The molecule has 1 amide bonds. The minimum absolute atomic E-state index is 0.166. The van der Waals surface area contributed by atoms with Crippen LogP contribution in [0.4, 0.5) is 0 Å². The van der Waals surface area contributed by atoms with Crippen LogP contribution in [0.5, 0.6) is 0 Å². The van der Waals surface area contributed by atoms with Crippen LogP contribution in [-0.4, -0.2) is 26.2 Å². The molecule has 1 aliphatic carbocycles. The normalized spacial score (nSPS) is 14.4. The topological polar surface area (TPSA) is 79.8 Å². The number of aromatic amines is 1. The number of ketones is 1. The molecule has 0 fully saturated rings. The predicted octanol–water partition coefficient (Wildman–Crippen LogP) is 5.67. The Morgan fingerprint density at radius 2 is 2.00 bits per heavy atom. The number of H-pyrrole nitrogens is 1. The van der Waals surface area contributed by atoms with Gasteiger partial charge in [0.25, 0.3) is 5.91 Å². The predicted molar refractivity (Wildman–Crippen MR) is 125 cm³/mol. The summed E-state index contributed by atoms with van der Waals surface area (Å²) < 4.78 is 1.94. The average Bonchev–Trinajstić information content (AvgIpc) is 3.38. The van der Waals surface area contributed by atoms with E-state index < -0.39 is 0 Å². The standard InChI is InChI=1S/C24H20Cl2N4O2/c1-13(23-28-18-7-6-15(25)12-19(18)29-23)27-24(32)14-5-8-21(17(26)11-14)30-10-9-16-20(30)3-2-4-22(16)31/h5-13H,2-4H2,1H3,(H,27,32)(H,28,29). The van der Waals surface area contributed by atoms with Gasteiger partial charge >= 0.3 is 0 Å². The number of halogens is 2. The molecule has 8 heteroatoms. The van der Waals surface area contributed by atoms with Crippen molar-refractivity contribution in [1.82, 2.24) is 19.9 Å². The zero-order valence-electron chi connectivity index (χ0n) is 17.3. The van der Waals surface area contributed by atoms with E-state index in [0.717, 1.165) is 40.8 Å². The third kappa shape index (κ3) is 3.70. The van der Waals surface area contributed by atoms with Gasteiger partial charge in [0.1, 0.15) is 5.82 Å². The van der Waals surface area contributed by atoms with Crippen molar-refractivity contribution < 1.29 is 9.59 Å². The maximum Gasteiger partial charge on any atom is 0.251 e. The summed E-state index contributed by atoms with van der Waals surface area (Å²) >= 11 is 12.6. The Bertz CT molecular complexity index is 1370. The van der Waals surface area contributed by atoms with E-state index in [0.29, 0.717) is 27.9 Å². The van der Waals surface area contributed by atoms with Crippen molar-refractivity contribution in [2.45, 2.75) is 32.2 Å². The average molecular weight is 467 g/mol. The summed E-state index contributed by atoms with van der Waals surface area (Å²) in [6.07, 6.45) is 4.11. The third-order valence-electron chi connectivity index (χ3n) is 5.80. The quantitative estimate of drug-likeness (QED) is 0.406. The minimum Gasteiger partial charge on any atom is -0.342 e. The summed E-state index contributed by atoms with van der Waals surface area (Å²) in [6.45, 7) is 1.86. The first-order chi connectivity index (χ1) is 15.4. The van der Waals surface area contributed by atoms with Gasteiger partial charge < -0.3 is 14.9 Å². The maximum atomic E-state index is 12.8. The first-order valence-corrected chi connectivity index (χ1v) is 11.2. The van der Waals surface area contributed by atoms with Crippen molar-refractivity contribution >= 4 is 45.9 Å². The molecule has 162 valence electrons. The second-order valence-electron chi connectivity index (χ2n) is 7.97. The Morgan fingerprint density at radius 3 is 2.81 bits per heavy atom. The molecule has 0 aliphatic heterocycles. The molecule has 4 aromatic rings. The summed E-state index contributed by atoms with van der Waals surface area (Å²) in [5, 5.41) is 4.01. The number of benzene rings is 2. The lowest BCUT2D eigenvalue weighted by molar-refractivity contribution is 0.0936. The van der Waals surface area contributed by atoms with Gasteiger partial charge in [-0.3, -0.25) is 9.59 Å². The number of aromatic nitrogens is 3. The first-order valence-electron chi connectivity index (χ1n) is 10.4. The Kier molecular flexibility index (Phi) is 5.27. The van der Waals surface area contributed by atoms with Crippen molar-refractivity contribution in [1.29, 1.82) is 0 Å². The second-order valence-corrected chi connectivity index (χ2v) is 8.81. The van der Waals surface area contributed by atoms with E-state index in [4.69, 9.17) is 23.2 Å². The van der Waals surface area contributed by atoms with Crippen LogP contribution in [0, 0.1) is 0 Å². The fourth-order valence-corrected chi connectivity index (χ4v) is 4.59. The highest BCUT2D eigenvalue weighted by Gasteiger charge is 2.22. The van der Waals surface area contributed by atoms with E-state index in [2.05, 4.69) is 15.3 Å². The highest BCUT2D eigenvalue weighted by molar-refractivity contribution is 6.33. The highest BCUT2D eigenvalue weighted by atomic mass is 35.5. The van der Waals surface area contributed by atoms with Crippen molar-refractivity contribution in [2.24, 2.45) is 0 Å². The minimum atomic E-state index is -0.338. The van der Waals surface area contributed by atoms with Crippen LogP contribution in [0.15, 0.2) is 48.7 Å². The zero-order valence-corrected chi connectivity index (χ0v) is 18.8. The van der Waals surface area contributed by atoms with Crippen LogP contribution in [0.2, 0.25) is 10.0 Å². The lowest BCUT2D eigenvalue weighted by Crippen LogP contribution is -2.27. The van der Waals surface area contributed by atoms with E-state index in [-0.39, 0.29) is 17.7 Å². The smallest absolute Gasteiger partial charge is 0.251 e. The molecule has 32 heavy (non-hydrogen) atoms. The molecule has 5 rings (SSSR count). The van der Waals surface area contributed by atoms with Crippen molar-refractivity contribution in [3.63, 3.8) is 0 Å². The molecule has 1 atom stereocenters. The Hall–Kier alpha value is -3.09. The van der Waals surface area contributed by atoms with Gasteiger partial charge in [-0.05, 0) is 62.2 Å². The van der Waals surface area contributed by atoms with E-state index in [9.17, 15) is 9.59 Å². The summed E-state index contributed by atoms with van der Waals surface area (Å²) in [6, 6.07) is 12.1. The molecule has 2 N–H and O–H groups in total. The van der Waals surface area contributed by atoms with Gasteiger partial charge in [0, 0.05) is 34.5 Å². The molecule has 0 bridgehead atoms. The molecular formula is C24H20Cl2N4O2. The van der Waals surface area contributed by atoms with Crippen LogP contribution in [-0.2, 0) is 6.42 Å². The summed E-state index contributed by atoms with van der Waals surface area (Å²) in [5.41, 5.74) is 4.53. The lowest BCUT2D eigenvalue weighted by atomic mass is 9.96. The highest BCUT2D eigenvalue weighted by Crippen LogP contribution is 2.29. The van der Waals surface area contributed by atoms with Crippen LogP contribution in [0.1, 0.15) is 58.0 Å². The van der Waals surface area contributed by atoms with E-state index in [1.54, 1.807) is 24.3 Å².